The maximum Gasteiger partial charge on any atom is 0.128 e. The van der Waals surface area contributed by atoms with E-state index >= 15 is 0 Å². The molecule has 2 heterocycles. The summed E-state index contributed by atoms with van der Waals surface area (Å²) in [6, 6.07) is 4.17. The molecule has 4 heteroatoms. The Morgan fingerprint density at radius 3 is 2.67 bits per heavy atom. The molecule has 0 aliphatic carbocycles. The molecule has 0 aromatic carbocycles. The number of rotatable bonds is 4. The first kappa shape index (κ1) is 13.3. The predicted molar refractivity (Wildman–Crippen MR) is 73.7 cm³/mol. The zero-order valence-corrected chi connectivity index (χ0v) is 11.4. The molecule has 0 amide bonds. The van der Waals surface area contributed by atoms with E-state index in [0.29, 0.717) is 12.6 Å². The number of aromatic nitrogens is 1. The molecule has 0 bridgehead atoms. The Hall–Kier alpha value is -1.13. The lowest BCUT2D eigenvalue weighted by Crippen LogP contribution is -2.37. The third kappa shape index (κ3) is 3.00. The number of ether oxygens (including phenoxy) is 1. The SMILES string of the molecule is CCOC1CCN(c2ccc(CN)c(C)n2)CC1. The molecule has 1 aromatic rings. The van der Waals surface area contributed by atoms with E-state index in [4.69, 9.17) is 10.5 Å². The molecule has 0 unspecified atom stereocenters. The fraction of sp³-hybridized carbons (Fsp3) is 0.643. The van der Waals surface area contributed by atoms with Crippen LogP contribution in [0.5, 0.6) is 0 Å². The molecule has 1 aliphatic heterocycles. The van der Waals surface area contributed by atoms with Crippen LogP contribution in [0.25, 0.3) is 0 Å². The summed E-state index contributed by atoms with van der Waals surface area (Å²) in [6.45, 7) is 7.51. The van der Waals surface area contributed by atoms with Crippen LogP contribution in [0.3, 0.4) is 0 Å². The van der Waals surface area contributed by atoms with Gasteiger partial charge in [-0.1, -0.05) is 6.07 Å². The number of nitrogens with two attached hydrogens (primary N) is 1. The Morgan fingerprint density at radius 1 is 1.39 bits per heavy atom. The van der Waals surface area contributed by atoms with Crippen molar-refractivity contribution >= 4 is 5.82 Å². The van der Waals surface area contributed by atoms with Crippen molar-refractivity contribution in [1.82, 2.24) is 4.98 Å². The molecule has 0 radical (unpaired) electrons. The van der Waals surface area contributed by atoms with Crippen molar-refractivity contribution in [3.63, 3.8) is 0 Å². The van der Waals surface area contributed by atoms with E-state index in [1.807, 2.05) is 6.92 Å². The average Bonchev–Trinajstić information content (AvgIpc) is 2.40. The highest BCUT2D eigenvalue weighted by Gasteiger charge is 2.20. The summed E-state index contributed by atoms with van der Waals surface area (Å²) in [7, 11) is 0. The smallest absolute Gasteiger partial charge is 0.128 e. The standard InChI is InChI=1S/C14H23N3O/c1-3-18-13-6-8-17(9-7-13)14-5-4-12(10-15)11(2)16-14/h4-5,13H,3,6-10,15H2,1-2H3. The van der Waals surface area contributed by atoms with Gasteiger partial charge in [-0.3, -0.25) is 0 Å². The number of nitrogens with zero attached hydrogens (tertiary/aromatic N) is 2. The Bertz CT molecular complexity index is 387. The van der Waals surface area contributed by atoms with Crippen molar-refractivity contribution in [2.45, 2.75) is 39.3 Å². The van der Waals surface area contributed by atoms with E-state index in [1.54, 1.807) is 0 Å². The summed E-state index contributed by atoms with van der Waals surface area (Å²) in [5, 5.41) is 0. The van der Waals surface area contributed by atoms with Gasteiger partial charge < -0.3 is 15.4 Å². The van der Waals surface area contributed by atoms with Gasteiger partial charge in [-0.15, -0.1) is 0 Å². The average molecular weight is 249 g/mol. The highest BCUT2D eigenvalue weighted by Crippen LogP contribution is 2.21. The van der Waals surface area contributed by atoms with Crippen molar-refractivity contribution < 1.29 is 4.74 Å². The zero-order chi connectivity index (χ0) is 13.0. The van der Waals surface area contributed by atoms with Crippen molar-refractivity contribution in [2.24, 2.45) is 5.73 Å². The highest BCUT2D eigenvalue weighted by molar-refractivity contribution is 5.42. The van der Waals surface area contributed by atoms with E-state index in [1.165, 1.54) is 0 Å². The third-order valence-corrected chi connectivity index (χ3v) is 3.57. The number of anilines is 1. The van der Waals surface area contributed by atoms with Crippen LogP contribution >= 0.6 is 0 Å². The molecule has 1 aliphatic rings. The molecule has 0 atom stereocenters. The van der Waals surface area contributed by atoms with Gasteiger partial charge in [0.25, 0.3) is 0 Å². The lowest BCUT2D eigenvalue weighted by molar-refractivity contribution is 0.0458. The molecule has 100 valence electrons. The maximum absolute atomic E-state index is 5.66. The van der Waals surface area contributed by atoms with Crippen LogP contribution in [0.15, 0.2) is 12.1 Å². The van der Waals surface area contributed by atoms with E-state index in [0.717, 1.165) is 49.6 Å². The maximum atomic E-state index is 5.66. The second-order valence-electron chi connectivity index (χ2n) is 4.76. The van der Waals surface area contributed by atoms with Gasteiger partial charge in [-0.05, 0) is 38.3 Å². The summed E-state index contributed by atoms with van der Waals surface area (Å²) in [6.07, 6.45) is 2.61. The van der Waals surface area contributed by atoms with Crippen LogP contribution in [0, 0.1) is 6.92 Å². The fourth-order valence-corrected chi connectivity index (χ4v) is 2.46. The summed E-state index contributed by atoms with van der Waals surface area (Å²) < 4.78 is 5.66. The molecule has 1 aromatic heterocycles. The van der Waals surface area contributed by atoms with Gasteiger partial charge in [0.05, 0.1) is 6.10 Å². The van der Waals surface area contributed by atoms with E-state index in [2.05, 4.69) is 28.9 Å². The van der Waals surface area contributed by atoms with Gasteiger partial charge in [-0.25, -0.2) is 4.98 Å². The number of hydrogen-bond acceptors (Lipinski definition) is 4. The summed E-state index contributed by atoms with van der Waals surface area (Å²) in [4.78, 5) is 6.98. The Kier molecular flexibility index (Phi) is 4.55. The second-order valence-corrected chi connectivity index (χ2v) is 4.76. The van der Waals surface area contributed by atoms with E-state index in [-0.39, 0.29) is 0 Å². The predicted octanol–water partition coefficient (Wildman–Crippen LogP) is 1.85. The quantitative estimate of drug-likeness (QED) is 0.885. The van der Waals surface area contributed by atoms with Crippen molar-refractivity contribution in [2.75, 3.05) is 24.6 Å². The van der Waals surface area contributed by atoms with Crippen LogP contribution in [0.4, 0.5) is 5.82 Å². The molecule has 2 rings (SSSR count). The Labute approximate surface area is 109 Å². The van der Waals surface area contributed by atoms with Crippen molar-refractivity contribution in [1.29, 1.82) is 0 Å². The number of hydrogen-bond donors (Lipinski definition) is 1. The molecule has 1 fully saturated rings. The monoisotopic (exact) mass is 249 g/mol. The third-order valence-electron chi connectivity index (χ3n) is 3.57. The minimum Gasteiger partial charge on any atom is -0.378 e. The Balaban J connectivity index is 1.99. The molecule has 1 saturated heterocycles. The van der Waals surface area contributed by atoms with E-state index < -0.39 is 0 Å². The largest absolute Gasteiger partial charge is 0.378 e. The lowest BCUT2D eigenvalue weighted by atomic mass is 10.1. The van der Waals surface area contributed by atoms with Crippen LogP contribution < -0.4 is 10.6 Å². The van der Waals surface area contributed by atoms with Gasteiger partial charge in [0, 0.05) is 31.9 Å². The second kappa shape index (κ2) is 6.16. The first-order valence-corrected chi connectivity index (χ1v) is 6.77. The minimum atomic E-state index is 0.427. The highest BCUT2D eigenvalue weighted by atomic mass is 16.5. The van der Waals surface area contributed by atoms with Crippen LogP contribution in [0.1, 0.15) is 31.0 Å². The number of piperidine rings is 1. The summed E-state index contributed by atoms with van der Waals surface area (Å²) in [5.41, 5.74) is 7.83. The normalized spacial score (nSPS) is 17.2. The lowest BCUT2D eigenvalue weighted by Gasteiger charge is -2.32. The summed E-state index contributed by atoms with van der Waals surface area (Å²) in [5.74, 6) is 1.07. The number of pyridine rings is 1. The number of aryl methyl sites for hydroxylation is 1. The van der Waals surface area contributed by atoms with Gasteiger partial charge in [0.1, 0.15) is 5.82 Å². The molecular weight excluding hydrogens is 226 g/mol. The van der Waals surface area contributed by atoms with Gasteiger partial charge in [-0.2, -0.15) is 0 Å². The molecule has 0 spiro atoms. The molecule has 18 heavy (non-hydrogen) atoms. The topological polar surface area (TPSA) is 51.4 Å². The first-order chi connectivity index (χ1) is 8.74. The first-order valence-electron chi connectivity index (χ1n) is 6.77. The zero-order valence-electron chi connectivity index (χ0n) is 11.4. The molecule has 4 nitrogen and oxygen atoms in total. The fourth-order valence-electron chi connectivity index (χ4n) is 2.46. The van der Waals surface area contributed by atoms with Gasteiger partial charge >= 0.3 is 0 Å². The van der Waals surface area contributed by atoms with Crippen LogP contribution in [0.2, 0.25) is 0 Å². The van der Waals surface area contributed by atoms with E-state index in [9.17, 15) is 0 Å². The Morgan fingerprint density at radius 2 is 2.11 bits per heavy atom. The van der Waals surface area contributed by atoms with Gasteiger partial charge in [0.15, 0.2) is 0 Å². The summed E-state index contributed by atoms with van der Waals surface area (Å²) >= 11 is 0. The minimum absolute atomic E-state index is 0.427. The molecular formula is C14H23N3O. The van der Waals surface area contributed by atoms with Crippen molar-refractivity contribution in [3.05, 3.63) is 23.4 Å². The van der Waals surface area contributed by atoms with Crippen LogP contribution in [-0.2, 0) is 11.3 Å². The van der Waals surface area contributed by atoms with Crippen LogP contribution in [-0.4, -0.2) is 30.8 Å². The molecule has 2 N–H and O–H groups in total. The van der Waals surface area contributed by atoms with Gasteiger partial charge in [0.2, 0.25) is 0 Å². The van der Waals surface area contributed by atoms with Crippen molar-refractivity contribution in [3.8, 4) is 0 Å². The molecule has 0 saturated carbocycles.